The molecule has 0 spiro atoms. The minimum absolute atomic E-state index is 0.322. The standard InChI is InChI=1S/C24H17ClN4/c25-23-20(11-10-19-12-17-8-4-5-9-18(17)13-21(19)23)14-27-29-15-22(28-24(29)26)16-6-2-1-3-7-16/h1-15H,(H2,26,28)/b27-14-. The Kier molecular flexibility index (Phi) is 4.26. The van der Waals surface area contributed by atoms with E-state index in [0.717, 1.165) is 33.0 Å². The Bertz CT molecular complexity index is 1370. The number of nitrogens with zero attached hydrogens (tertiary/aromatic N) is 3. The van der Waals surface area contributed by atoms with Crippen molar-refractivity contribution in [2.45, 2.75) is 0 Å². The summed E-state index contributed by atoms with van der Waals surface area (Å²) < 4.78 is 1.56. The molecule has 4 aromatic carbocycles. The highest BCUT2D eigenvalue weighted by Crippen LogP contribution is 2.30. The molecular formula is C24H17ClN4. The van der Waals surface area contributed by atoms with Crippen molar-refractivity contribution in [3.05, 3.63) is 95.6 Å². The van der Waals surface area contributed by atoms with Crippen molar-refractivity contribution in [2.75, 3.05) is 5.73 Å². The molecule has 0 bridgehead atoms. The molecule has 0 fully saturated rings. The van der Waals surface area contributed by atoms with Gasteiger partial charge < -0.3 is 5.73 Å². The smallest absolute Gasteiger partial charge is 0.221 e. The van der Waals surface area contributed by atoms with Gasteiger partial charge in [-0.05, 0) is 28.3 Å². The molecular weight excluding hydrogens is 380 g/mol. The number of halogens is 1. The molecule has 1 aromatic heterocycles. The first-order valence-corrected chi connectivity index (χ1v) is 9.62. The number of nitrogen functional groups attached to an aromatic ring is 1. The van der Waals surface area contributed by atoms with Crippen LogP contribution < -0.4 is 5.73 Å². The van der Waals surface area contributed by atoms with E-state index >= 15 is 0 Å². The molecule has 4 nitrogen and oxygen atoms in total. The lowest BCUT2D eigenvalue weighted by Crippen LogP contribution is -1.97. The number of anilines is 1. The third-order valence-electron chi connectivity index (χ3n) is 4.96. The minimum Gasteiger partial charge on any atom is -0.368 e. The van der Waals surface area contributed by atoms with E-state index in [1.165, 1.54) is 5.39 Å². The molecule has 2 N–H and O–H groups in total. The maximum atomic E-state index is 6.70. The van der Waals surface area contributed by atoms with Crippen molar-refractivity contribution in [1.82, 2.24) is 9.66 Å². The van der Waals surface area contributed by atoms with Gasteiger partial charge in [-0.15, -0.1) is 0 Å². The van der Waals surface area contributed by atoms with Gasteiger partial charge in [-0.2, -0.15) is 5.10 Å². The number of hydrogen-bond donors (Lipinski definition) is 1. The Morgan fingerprint density at radius 1 is 0.862 bits per heavy atom. The van der Waals surface area contributed by atoms with Gasteiger partial charge in [-0.1, -0.05) is 78.3 Å². The lowest BCUT2D eigenvalue weighted by Gasteiger charge is -2.06. The molecule has 0 saturated carbocycles. The molecule has 0 aliphatic carbocycles. The van der Waals surface area contributed by atoms with Crippen LogP contribution in [-0.4, -0.2) is 15.9 Å². The SMILES string of the molecule is Nc1nc(-c2ccccc2)cn1/N=C\c1ccc2cc3ccccc3cc2c1Cl. The largest absolute Gasteiger partial charge is 0.368 e. The first kappa shape index (κ1) is 17.5. The highest BCUT2D eigenvalue weighted by Gasteiger charge is 2.08. The molecule has 5 aromatic rings. The third-order valence-corrected chi connectivity index (χ3v) is 5.38. The topological polar surface area (TPSA) is 56.2 Å². The summed E-state index contributed by atoms with van der Waals surface area (Å²) in [5.74, 6) is 0.322. The second-order valence-corrected chi connectivity index (χ2v) is 7.21. The van der Waals surface area contributed by atoms with Gasteiger partial charge in [-0.3, -0.25) is 0 Å². The normalized spacial score (nSPS) is 11.6. The van der Waals surface area contributed by atoms with Gasteiger partial charge in [0.15, 0.2) is 0 Å². The van der Waals surface area contributed by atoms with Gasteiger partial charge in [0.25, 0.3) is 0 Å². The van der Waals surface area contributed by atoms with Crippen molar-refractivity contribution in [2.24, 2.45) is 5.10 Å². The predicted molar refractivity (Wildman–Crippen MR) is 122 cm³/mol. The Hall–Kier alpha value is -3.63. The van der Waals surface area contributed by atoms with Gasteiger partial charge >= 0.3 is 0 Å². The van der Waals surface area contributed by atoms with E-state index in [-0.39, 0.29) is 0 Å². The number of nitrogens with two attached hydrogens (primary N) is 1. The number of rotatable bonds is 3. The molecule has 0 unspecified atom stereocenters. The van der Waals surface area contributed by atoms with E-state index in [2.05, 4.69) is 40.4 Å². The molecule has 140 valence electrons. The Morgan fingerprint density at radius 2 is 1.59 bits per heavy atom. The Balaban J connectivity index is 1.53. The van der Waals surface area contributed by atoms with Gasteiger partial charge in [0.05, 0.1) is 23.1 Å². The average molecular weight is 397 g/mol. The number of benzene rings is 4. The summed E-state index contributed by atoms with van der Waals surface area (Å²) in [7, 11) is 0. The van der Waals surface area contributed by atoms with Crippen molar-refractivity contribution in [3.63, 3.8) is 0 Å². The fourth-order valence-corrected chi connectivity index (χ4v) is 3.72. The Labute approximate surface area is 172 Å². The van der Waals surface area contributed by atoms with Crippen LogP contribution in [-0.2, 0) is 0 Å². The predicted octanol–water partition coefficient (Wildman–Crippen LogP) is 5.97. The van der Waals surface area contributed by atoms with Gasteiger partial charge in [0.1, 0.15) is 0 Å². The summed E-state index contributed by atoms with van der Waals surface area (Å²) in [5.41, 5.74) is 8.63. The van der Waals surface area contributed by atoms with Crippen LogP contribution in [0.5, 0.6) is 0 Å². The molecule has 29 heavy (non-hydrogen) atoms. The summed E-state index contributed by atoms with van der Waals surface area (Å²) in [6, 6.07) is 26.4. The second-order valence-electron chi connectivity index (χ2n) is 6.83. The van der Waals surface area contributed by atoms with E-state index in [1.807, 2.05) is 54.7 Å². The van der Waals surface area contributed by atoms with Gasteiger partial charge in [0.2, 0.25) is 5.95 Å². The molecule has 0 saturated heterocycles. The van der Waals surface area contributed by atoms with Crippen LogP contribution in [0, 0.1) is 0 Å². The lowest BCUT2D eigenvalue weighted by molar-refractivity contribution is 0.898. The molecule has 0 aliphatic heterocycles. The first-order chi connectivity index (χ1) is 14.2. The van der Waals surface area contributed by atoms with E-state index in [4.69, 9.17) is 17.3 Å². The minimum atomic E-state index is 0.322. The van der Waals surface area contributed by atoms with Crippen LogP contribution in [0.25, 0.3) is 32.8 Å². The summed E-state index contributed by atoms with van der Waals surface area (Å²) in [5, 5.41) is 9.58. The quantitative estimate of drug-likeness (QED) is 0.301. The molecule has 0 atom stereocenters. The lowest BCUT2D eigenvalue weighted by atomic mass is 10.0. The van der Waals surface area contributed by atoms with Crippen molar-refractivity contribution in [3.8, 4) is 11.3 Å². The van der Waals surface area contributed by atoms with Crippen molar-refractivity contribution in [1.29, 1.82) is 0 Å². The monoisotopic (exact) mass is 396 g/mol. The van der Waals surface area contributed by atoms with Crippen molar-refractivity contribution < 1.29 is 0 Å². The summed E-state index contributed by atoms with van der Waals surface area (Å²) in [6.07, 6.45) is 3.52. The second kappa shape index (κ2) is 7.08. The molecule has 0 radical (unpaired) electrons. The number of hydrogen-bond acceptors (Lipinski definition) is 3. The van der Waals surface area contributed by atoms with Crippen LogP contribution in [0.15, 0.2) is 90.2 Å². The maximum Gasteiger partial charge on any atom is 0.221 e. The zero-order chi connectivity index (χ0) is 19.8. The molecule has 1 heterocycles. The van der Waals surface area contributed by atoms with Crippen LogP contribution in [0.4, 0.5) is 5.95 Å². The highest BCUT2D eigenvalue weighted by atomic mass is 35.5. The fraction of sp³-hybridized carbons (Fsp3) is 0. The van der Waals surface area contributed by atoms with E-state index in [0.29, 0.717) is 11.0 Å². The summed E-state index contributed by atoms with van der Waals surface area (Å²) in [6.45, 7) is 0. The van der Waals surface area contributed by atoms with E-state index < -0.39 is 0 Å². The maximum absolute atomic E-state index is 6.70. The summed E-state index contributed by atoms with van der Waals surface area (Å²) in [4.78, 5) is 4.39. The molecule has 5 rings (SSSR count). The summed E-state index contributed by atoms with van der Waals surface area (Å²) >= 11 is 6.70. The highest BCUT2D eigenvalue weighted by molar-refractivity contribution is 6.38. The average Bonchev–Trinajstić information content (AvgIpc) is 3.13. The zero-order valence-electron chi connectivity index (χ0n) is 15.5. The number of aromatic nitrogens is 2. The third kappa shape index (κ3) is 3.24. The molecule has 5 heteroatoms. The van der Waals surface area contributed by atoms with Crippen molar-refractivity contribution >= 4 is 45.3 Å². The van der Waals surface area contributed by atoms with Crippen LogP contribution in [0.3, 0.4) is 0 Å². The number of imidazole rings is 1. The molecule has 0 aliphatic rings. The van der Waals surface area contributed by atoms with E-state index in [1.54, 1.807) is 10.9 Å². The number of fused-ring (bicyclic) bond motifs is 2. The van der Waals surface area contributed by atoms with Gasteiger partial charge in [0, 0.05) is 16.5 Å². The fourth-order valence-electron chi connectivity index (χ4n) is 3.44. The Morgan fingerprint density at radius 3 is 2.38 bits per heavy atom. The van der Waals surface area contributed by atoms with E-state index in [9.17, 15) is 0 Å². The van der Waals surface area contributed by atoms with Crippen LogP contribution in [0.1, 0.15) is 5.56 Å². The van der Waals surface area contributed by atoms with Crippen LogP contribution >= 0.6 is 11.6 Å². The van der Waals surface area contributed by atoms with Crippen LogP contribution in [0.2, 0.25) is 5.02 Å². The molecule has 0 amide bonds. The zero-order valence-corrected chi connectivity index (χ0v) is 16.2. The van der Waals surface area contributed by atoms with Gasteiger partial charge in [-0.25, -0.2) is 9.66 Å². The first-order valence-electron chi connectivity index (χ1n) is 9.25.